The molecule has 0 fully saturated rings. The summed E-state index contributed by atoms with van der Waals surface area (Å²) in [5.74, 6) is 0.309. The van der Waals surface area contributed by atoms with E-state index >= 15 is 0 Å². The van der Waals surface area contributed by atoms with Gasteiger partial charge in [0.05, 0.1) is 12.0 Å². The van der Waals surface area contributed by atoms with Crippen molar-refractivity contribution >= 4 is 10.0 Å². The molecule has 148 valence electrons. The lowest BCUT2D eigenvalue weighted by Crippen LogP contribution is -2.25. The van der Waals surface area contributed by atoms with Crippen LogP contribution in [0.15, 0.2) is 35.4 Å². The highest BCUT2D eigenvalue weighted by Gasteiger charge is 2.29. The van der Waals surface area contributed by atoms with Gasteiger partial charge in [-0.15, -0.1) is 0 Å². The van der Waals surface area contributed by atoms with E-state index in [0.717, 1.165) is 0 Å². The molecule has 0 aliphatic carbocycles. The van der Waals surface area contributed by atoms with E-state index < -0.39 is 22.8 Å². The molecule has 0 saturated heterocycles. The van der Waals surface area contributed by atoms with Crippen LogP contribution >= 0.6 is 0 Å². The average molecular weight is 404 g/mol. The molecule has 10 heteroatoms. The summed E-state index contributed by atoms with van der Waals surface area (Å²) in [7, 11) is -2.41. The Morgan fingerprint density at radius 3 is 2.37 bits per heavy atom. The lowest BCUT2D eigenvalue weighted by Gasteiger charge is -2.14. The number of sulfonamides is 1. The molecule has 0 saturated carbocycles. The molecule has 0 atom stereocenters. The Labute approximate surface area is 155 Å². The zero-order valence-electron chi connectivity index (χ0n) is 14.9. The number of nitrogens with one attached hydrogen (secondary N) is 1. The van der Waals surface area contributed by atoms with Crippen molar-refractivity contribution in [3.05, 3.63) is 47.2 Å². The Morgan fingerprint density at radius 1 is 1.19 bits per heavy atom. The standard InChI is InChI=1S/C17H19F3N2O4S/c1-11-7-14(8-12(2)15(11)25-3)27(23,24)22-9-13-5-4-6-21-16(13)26-10-17(18,19)20/h4-8,22H,9-10H2,1-3H3. The summed E-state index contributed by atoms with van der Waals surface area (Å²) in [6.45, 7) is 1.65. The second-order valence-corrected chi connectivity index (χ2v) is 7.55. The second kappa shape index (κ2) is 8.13. The number of aromatic nitrogens is 1. The summed E-state index contributed by atoms with van der Waals surface area (Å²) in [6.07, 6.45) is -3.26. The van der Waals surface area contributed by atoms with Gasteiger partial charge in [-0.25, -0.2) is 18.1 Å². The van der Waals surface area contributed by atoms with Gasteiger partial charge in [-0.2, -0.15) is 13.2 Å². The highest BCUT2D eigenvalue weighted by Crippen LogP contribution is 2.27. The molecule has 0 unspecified atom stereocenters. The van der Waals surface area contributed by atoms with Crippen LogP contribution in [0.25, 0.3) is 0 Å². The van der Waals surface area contributed by atoms with E-state index in [1.54, 1.807) is 13.8 Å². The molecule has 2 rings (SSSR count). The first kappa shape index (κ1) is 21.0. The fourth-order valence-electron chi connectivity index (χ4n) is 2.48. The molecule has 0 radical (unpaired) electrons. The lowest BCUT2D eigenvalue weighted by atomic mass is 10.1. The number of hydrogen-bond acceptors (Lipinski definition) is 5. The predicted molar refractivity (Wildman–Crippen MR) is 92.3 cm³/mol. The first-order chi connectivity index (χ1) is 12.5. The van der Waals surface area contributed by atoms with E-state index in [2.05, 4.69) is 14.4 Å². The van der Waals surface area contributed by atoms with E-state index in [0.29, 0.717) is 16.9 Å². The molecule has 0 amide bonds. The number of aryl methyl sites for hydroxylation is 2. The van der Waals surface area contributed by atoms with Crippen molar-refractivity contribution in [2.45, 2.75) is 31.5 Å². The van der Waals surface area contributed by atoms with Crippen molar-refractivity contribution in [1.82, 2.24) is 9.71 Å². The van der Waals surface area contributed by atoms with Crippen LogP contribution < -0.4 is 14.2 Å². The third-order valence-electron chi connectivity index (χ3n) is 3.62. The molecule has 0 bridgehead atoms. The maximum atomic E-state index is 12.5. The highest BCUT2D eigenvalue weighted by molar-refractivity contribution is 7.89. The van der Waals surface area contributed by atoms with E-state index in [-0.39, 0.29) is 22.9 Å². The summed E-state index contributed by atoms with van der Waals surface area (Å²) < 4.78 is 74.3. The fraction of sp³-hybridized carbons (Fsp3) is 0.353. The number of hydrogen-bond donors (Lipinski definition) is 1. The molecule has 1 N–H and O–H groups in total. The molecular formula is C17H19F3N2O4S. The SMILES string of the molecule is COc1c(C)cc(S(=O)(=O)NCc2cccnc2OCC(F)(F)F)cc1C. The minimum absolute atomic E-state index is 0.0277. The number of methoxy groups -OCH3 is 1. The highest BCUT2D eigenvalue weighted by atomic mass is 32.2. The number of alkyl halides is 3. The Bertz CT molecular complexity index is 892. The molecule has 0 spiro atoms. The van der Waals surface area contributed by atoms with Gasteiger partial charge in [-0.1, -0.05) is 6.07 Å². The smallest absolute Gasteiger partial charge is 0.422 e. The Kier molecular flexibility index (Phi) is 6.32. The zero-order chi connectivity index (χ0) is 20.2. The quantitative estimate of drug-likeness (QED) is 0.767. The third kappa shape index (κ3) is 5.57. The number of ether oxygens (including phenoxy) is 2. The van der Waals surface area contributed by atoms with Gasteiger partial charge >= 0.3 is 6.18 Å². The van der Waals surface area contributed by atoms with Crippen molar-refractivity contribution in [2.75, 3.05) is 13.7 Å². The molecule has 27 heavy (non-hydrogen) atoms. The van der Waals surface area contributed by atoms with Gasteiger partial charge in [0, 0.05) is 18.3 Å². The molecule has 2 aromatic rings. The van der Waals surface area contributed by atoms with Crippen LogP contribution in [0.3, 0.4) is 0 Å². The van der Waals surface area contributed by atoms with Crippen LogP contribution in [0.5, 0.6) is 11.6 Å². The second-order valence-electron chi connectivity index (χ2n) is 5.79. The molecule has 1 aromatic carbocycles. The van der Waals surface area contributed by atoms with Crippen molar-refractivity contribution in [3.8, 4) is 11.6 Å². The number of halogens is 3. The summed E-state index contributed by atoms with van der Waals surface area (Å²) >= 11 is 0. The Balaban J connectivity index is 2.19. The molecule has 6 nitrogen and oxygen atoms in total. The van der Waals surface area contributed by atoms with Crippen LogP contribution in [0.2, 0.25) is 0 Å². The Morgan fingerprint density at radius 2 is 1.81 bits per heavy atom. The van der Waals surface area contributed by atoms with Crippen LogP contribution in [0, 0.1) is 13.8 Å². The first-order valence-corrected chi connectivity index (χ1v) is 9.30. The largest absolute Gasteiger partial charge is 0.496 e. The summed E-state index contributed by atoms with van der Waals surface area (Å²) in [4.78, 5) is 3.76. The van der Waals surface area contributed by atoms with E-state index in [1.807, 2.05) is 0 Å². The molecule has 1 heterocycles. The molecular weight excluding hydrogens is 385 g/mol. The van der Waals surface area contributed by atoms with E-state index in [1.165, 1.54) is 37.6 Å². The molecule has 1 aromatic heterocycles. The zero-order valence-corrected chi connectivity index (χ0v) is 15.7. The van der Waals surface area contributed by atoms with Crippen molar-refractivity contribution in [1.29, 1.82) is 0 Å². The predicted octanol–water partition coefficient (Wildman–Crippen LogP) is 3.13. The van der Waals surface area contributed by atoms with Gasteiger partial charge in [0.15, 0.2) is 6.61 Å². The summed E-state index contributed by atoms with van der Waals surface area (Å²) in [5.41, 5.74) is 1.48. The molecule has 0 aliphatic rings. The normalized spacial score (nSPS) is 12.1. The maximum Gasteiger partial charge on any atom is 0.422 e. The van der Waals surface area contributed by atoms with Crippen molar-refractivity contribution in [2.24, 2.45) is 0 Å². The number of rotatable bonds is 7. The molecule has 0 aliphatic heterocycles. The van der Waals surface area contributed by atoms with Gasteiger partial charge in [-0.3, -0.25) is 0 Å². The minimum atomic E-state index is -4.52. The third-order valence-corrected chi connectivity index (χ3v) is 5.00. The van der Waals surface area contributed by atoms with Crippen molar-refractivity contribution < 1.29 is 31.1 Å². The van der Waals surface area contributed by atoms with Crippen LogP contribution in [-0.4, -0.2) is 33.3 Å². The fourth-order valence-corrected chi connectivity index (χ4v) is 3.66. The van der Waals surface area contributed by atoms with Gasteiger partial charge in [0.1, 0.15) is 5.75 Å². The number of pyridine rings is 1. The van der Waals surface area contributed by atoms with Gasteiger partial charge in [0.2, 0.25) is 15.9 Å². The van der Waals surface area contributed by atoms with Crippen LogP contribution in [0.4, 0.5) is 13.2 Å². The Hall–Kier alpha value is -2.33. The van der Waals surface area contributed by atoms with Gasteiger partial charge in [-0.05, 0) is 43.2 Å². The number of nitrogens with zero attached hydrogens (tertiary/aromatic N) is 1. The number of benzene rings is 1. The summed E-state index contributed by atoms with van der Waals surface area (Å²) in [6, 6.07) is 5.83. The van der Waals surface area contributed by atoms with Crippen LogP contribution in [-0.2, 0) is 16.6 Å². The maximum absolute atomic E-state index is 12.5. The minimum Gasteiger partial charge on any atom is -0.496 e. The average Bonchev–Trinajstić information content (AvgIpc) is 2.58. The monoisotopic (exact) mass is 404 g/mol. The van der Waals surface area contributed by atoms with Gasteiger partial charge in [0.25, 0.3) is 0 Å². The lowest BCUT2D eigenvalue weighted by molar-refractivity contribution is -0.154. The van der Waals surface area contributed by atoms with Crippen molar-refractivity contribution in [3.63, 3.8) is 0 Å². The topological polar surface area (TPSA) is 77.5 Å². The van der Waals surface area contributed by atoms with E-state index in [4.69, 9.17) is 4.74 Å². The van der Waals surface area contributed by atoms with Crippen LogP contribution in [0.1, 0.15) is 16.7 Å². The summed E-state index contributed by atoms with van der Waals surface area (Å²) in [5, 5.41) is 0. The first-order valence-electron chi connectivity index (χ1n) is 7.82. The van der Waals surface area contributed by atoms with Gasteiger partial charge < -0.3 is 9.47 Å². The van der Waals surface area contributed by atoms with E-state index in [9.17, 15) is 21.6 Å².